The highest BCUT2D eigenvalue weighted by molar-refractivity contribution is 4.97. The maximum absolute atomic E-state index is 5.55. The van der Waals surface area contributed by atoms with Crippen LogP contribution in [0.2, 0.25) is 0 Å². The lowest BCUT2D eigenvalue weighted by Crippen LogP contribution is -2.05. The summed E-state index contributed by atoms with van der Waals surface area (Å²) in [7, 11) is 0. The molecule has 1 aliphatic carbocycles. The molecule has 14 heavy (non-hydrogen) atoms. The first-order chi connectivity index (χ1) is 6.90. The van der Waals surface area contributed by atoms with E-state index in [0.717, 1.165) is 5.69 Å². The Morgan fingerprint density at radius 3 is 2.57 bits per heavy atom. The maximum atomic E-state index is 5.55. The number of aromatic nitrogens is 2. The minimum Gasteiger partial charge on any atom is -0.334 e. The van der Waals surface area contributed by atoms with Gasteiger partial charge in [0.1, 0.15) is 0 Å². The zero-order valence-electron chi connectivity index (χ0n) is 8.65. The Labute approximate surface area is 85.3 Å². The smallest absolute Gasteiger partial charge is 0.0952 e. The summed E-state index contributed by atoms with van der Waals surface area (Å²) in [5.74, 6) is 0. The van der Waals surface area contributed by atoms with Gasteiger partial charge < -0.3 is 10.3 Å². The molecule has 0 radical (unpaired) electrons. The second kappa shape index (κ2) is 4.60. The van der Waals surface area contributed by atoms with E-state index >= 15 is 0 Å². The molecule has 0 aromatic carbocycles. The van der Waals surface area contributed by atoms with Crippen LogP contribution >= 0.6 is 0 Å². The summed E-state index contributed by atoms with van der Waals surface area (Å²) >= 11 is 0. The monoisotopic (exact) mass is 193 g/mol. The van der Waals surface area contributed by atoms with E-state index in [2.05, 4.69) is 15.7 Å². The number of imidazole rings is 1. The predicted molar refractivity (Wildman–Crippen MR) is 56.9 cm³/mol. The highest BCUT2D eigenvalue weighted by atomic mass is 15.1. The summed E-state index contributed by atoms with van der Waals surface area (Å²) in [4.78, 5) is 4.28. The molecule has 0 bridgehead atoms. The van der Waals surface area contributed by atoms with Gasteiger partial charge in [-0.1, -0.05) is 25.7 Å². The maximum Gasteiger partial charge on any atom is 0.0952 e. The van der Waals surface area contributed by atoms with Gasteiger partial charge >= 0.3 is 0 Å². The SMILES string of the molecule is NCc1cn(C2CCCCCC2)cn1. The van der Waals surface area contributed by atoms with Crippen molar-refractivity contribution in [2.45, 2.75) is 51.1 Å². The average molecular weight is 193 g/mol. The third-order valence-corrected chi connectivity index (χ3v) is 3.11. The molecule has 0 saturated heterocycles. The molecule has 0 amide bonds. The topological polar surface area (TPSA) is 43.8 Å². The van der Waals surface area contributed by atoms with Crippen LogP contribution < -0.4 is 5.73 Å². The van der Waals surface area contributed by atoms with Crippen molar-refractivity contribution < 1.29 is 0 Å². The van der Waals surface area contributed by atoms with E-state index in [1.54, 1.807) is 0 Å². The third-order valence-electron chi connectivity index (χ3n) is 3.11. The number of nitrogens with zero attached hydrogens (tertiary/aromatic N) is 2. The van der Waals surface area contributed by atoms with Crippen molar-refractivity contribution in [3.63, 3.8) is 0 Å². The Balaban J connectivity index is 2.04. The van der Waals surface area contributed by atoms with Gasteiger partial charge in [-0.2, -0.15) is 0 Å². The summed E-state index contributed by atoms with van der Waals surface area (Å²) in [5, 5.41) is 0. The molecule has 1 aliphatic rings. The molecule has 1 aromatic rings. The van der Waals surface area contributed by atoms with Crippen LogP contribution in [0.5, 0.6) is 0 Å². The molecule has 1 saturated carbocycles. The van der Waals surface area contributed by atoms with Crippen molar-refractivity contribution >= 4 is 0 Å². The largest absolute Gasteiger partial charge is 0.334 e. The molecule has 1 fully saturated rings. The van der Waals surface area contributed by atoms with Crippen LogP contribution in [0.1, 0.15) is 50.3 Å². The van der Waals surface area contributed by atoms with Crippen LogP contribution in [-0.4, -0.2) is 9.55 Å². The van der Waals surface area contributed by atoms with Crippen LogP contribution in [0.3, 0.4) is 0 Å². The van der Waals surface area contributed by atoms with Crippen molar-refractivity contribution in [2.24, 2.45) is 5.73 Å². The first-order valence-corrected chi connectivity index (χ1v) is 5.62. The van der Waals surface area contributed by atoms with E-state index in [1.807, 2.05) is 6.33 Å². The van der Waals surface area contributed by atoms with E-state index < -0.39 is 0 Å². The van der Waals surface area contributed by atoms with E-state index in [0.29, 0.717) is 12.6 Å². The van der Waals surface area contributed by atoms with Crippen molar-refractivity contribution in [1.82, 2.24) is 9.55 Å². The minimum atomic E-state index is 0.555. The highest BCUT2D eigenvalue weighted by Crippen LogP contribution is 2.26. The molecule has 0 atom stereocenters. The van der Waals surface area contributed by atoms with E-state index in [9.17, 15) is 0 Å². The van der Waals surface area contributed by atoms with Gasteiger partial charge in [-0.05, 0) is 12.8 Å². The van der Waals surface area contributed by atoms with Gasteiger partial charge in [0.2, 0.25) is 0 Å². The summed E-state index contributed by atoms with van der Waals surface area (Å²) in [6.07, 6.45) is 12.2. The first-order valence-electron chi connectivity index (χ1n) is 5.62. The molecule has 2 N–H and O–H groups in total. The molecule has 0 unspecified atom stereocenters. The summed E-state index contributed by atoms with van der Waals surface area (Å²) < 4.78 is 2.26. The summed E-state index contributed by atoms with van der Waals surface area (Å²) in [6, 6.07) is 0.672. The Morgan fingerprint density at radius 2 is 2.00 bits per heavy atom. The summed E-state index contributed by atoms with van der Waals surface area (Å²) in [5.41, 5.74) is 6.56. The van der Waals surface area contributed by atoms with Gasteiger partial charge in [0, 0.05) is 18.8 Å². The van der Waals surface area contributed by atoms with Crippen molar-refractivity contribution in [1.29, 1.82) is 0 Å². The number of nitrogens with two attached hydrogens (primary N) is 1. The van der Waals surface area contributed by atoms with Gasteiger partial charge in [0.25, 0.3) is 0 Å². The van der Waals surface area contributed by atoms with E-state index in [-0.39, 0.29) is 0 Å². The Hall–Kier alpha value is -0.830. The second-order valence-corrected chi connectivity index (χ2v) is 4.16. The van der Waals surface area contributed by atoms with Crippen LogP contribution in [0.15, 0.2) is 12.5 Å². The molecular formula is C11H19N3. The van der Waals surface area contributed by atoms with E-state index in [1.165, 1.54) is 38.5 Å². The number of hydrogen-bond acceptors (Lipinski definition) is 2. The standard InChI is InChI=1S/C11H19N3/c12-7-10-8-14(9-13-10)11-5-3-1-2-4-6-11/h8-9,11H,1-7,12H2. The van der Waals surface area contributed by atoms with Gasteiger partial charge in [0.15, 0.2) is 0 Å². The lowest BCUT2D eigenvalue weighted by Gasteiger charge is -2.14. The van der Waals surface area contributed by atoms with Gasteiger partial charge in [-0.25, -0.2) is 4.98 Å². The lowest BCUT2D eigenvalue weighted by atomic mass is 10.1. The lowest BCUT2D eigenvalue weighted by molar-refractivity contribution is 0.443. The van der Waals surface area contributed by atoms with Gasteiger partial charge in [-0.15, -0.1) is 0 Å². The quantitative estimate of drug-likeness (QED) is 0.732. The van der Waals surface area contributed by atoms with E-state index in [4.69, 9.17) is 5.73 Å². The van der Waals surface area contributed by atoms with Crippen molar-refractivity contribution in [2.75, 3.05) is 0 Å². The molecule has 1 heterocycles. The van der Waals surface area contributed by atoms with Crippen molar-refractivity contribution in [3.05, 3.63) is 18.2 Å². The number of rotatable bonds is 2. The molecule has 3 heteroatoms. The highest BCUT2D eigenvalue weighted by Gasteiger charge is 2.13. The minimum absolute atomic E-state index is 0.555. The molecule has 2 rings (SSSR count). The van der Waals surface area contributed by atoms with Crippen LogP contribution in [0, 0.1) is 0 Å². The fraction of sp³-hybridized carbons (Fsp3) is 0.727. The van der Waals surface area contributed by atoms with Crippen LogP contribution in [-0.2, 0) is 6.54 Å². The molecule has 1 aromatic heterocycles. The zero-order valence-corrected chi connectivity index (χ0v) is 8.65. The zero-order chi connectivity index (χ0) is 9.80. The average Bonchev–Trinajstić information content (AvgIpc) is 2.53. The van der Waals surface area contributed by atoms with Gasteiger partial charge in [0.05, 0.1) is 12.0 Å². The predicted octanol–water partition coefficient (Wildman–Crippen LogP) is 2.24. The third kappa shape index (κ3) is 2.15. The second-order valence-electron chi connectivity index (χ2n) is 4.16. The fourth-order valence-corrected chi connectivity index (χ4v) is 2.24. The molecular weight excluding hydrogens is 174 g/mol. The van der Waals surface area contributed by atoms with Crippen LogP contribution in [0.25, 0.3) is 0 Å². The normalized spacial score (nSPS) is 19.5. The van der Waals surface area contributed by atoms with Crippen molar-refractivity contribution in [3.8, 4) is 0 Å². The molecule has 0 aliphatic heterocycles. The summed E-state index contributed by atoms with van der Waals surface area (Å²) in [6.45, 7) is 0.555. The fourth-order valence-electron chi connectivity index (χ4n) is 2.24. The Kier molecular flexibility index (Phi) is 3.19. The Morgan fingerprint density at radius 1 is 1.29 bits per heavy atom. The number of hydrogen-bond donors (Lipinski definition) is 1. The van der Waals surface area contributed by atoms with Gasteiger partial charge in [-0.3, -0.25) is 0 Å². The Bertz CT molecular complexity index is 272. The van der Waals surface area contributed by atoms with Crippen LogP contribution in [0.4, 0.5) is 0 Å². The molecule has 0 spiro atoms. The first kappa shape index (κ1) is 9.71. The molecule has 78 valence electrons. The molecule has 3 nitrogen and oxygen atoms in total.